The van der Waals surface area contributed by atoms with E-state index in [4.69, 9.17) is 0 Å². The molecule has 0 aromatic carbocycles. The van der Waals surface area contributed by atoms with E-state index in [0.29, 0.717) is 5.92 Å². The van der Waals surface area contributed by atoms with Crippen molar-refractivity contribution in [2.75, 3.05) is 0 Å². The van der Waals surface area contributed by atoms with Gasteiger partial charge in [-0.15, -0.1) is 0 Å². The van der Waals surface area contributed by atoms with Crippen LogP contribution < -0.4 is 0 Å². The van der Waals surface area contributed by atoms with Crippen molar-refractivity contribution >= 4 is 4.40 Å². The van der Waals surface area contributed by atoms with Gasteiger partial charge in [-0.1, -0.05) is 0 Å². The Morgan fingerprint density at radius 2 is 1.78 bits per heavy atom. The van der Waals surface area contributed by atoms with E-state index in [-0.39, 0.29) is 0 Å². The fraction of sp³-hybridized carbons (Fsp3) is 0.375. The molecule has 0 aliphatic heterocycles. The summed E-state index contributed by atoms with van der Waals surface area (Å²) in [5.74, 6) is 0.666. The zero-order chi connectivity index (χ0) is 7.11. The topological polar surface area (TPSA) is 0 Å². The van der Waals surface area contributed by atoms with Gasteiger partial charge in [0.2, 0.25) is 0 Å². The molecule has 0 heterocycles. The molecule has 0 nitrogen and oxygen atoms in total. The molecule has 0 atom stereocenters. The molecule has 1 heteroatoms. The van der Waals surface area contributed by atoms with E-state index in [2.05, 4.69) is 42.6 Å². The molecule has 0 bridgehead atoms. The molecule has 0 spiro atoms. The van der Waals surface area contributed by atoms with E-state index in [1.807, 2.05) is 0 Å². The van der Waals surface area contributed by atoms with Crippen molar-refractivity contribution in [2.45, 2.75) is 13.8 Å². The summed E-state index contributed by atoms with van der Waals surface area (Å²) in [6, 6.07) is 0. The molecule has 0 saturated heterocycles. The van der Waals surface area contributed by atoms with E-state index >= 15 is 0 Å². The predicted molar refractivity (Wildman–Crippen MR) is 39.2 cm³/mol. The molecule has 0 aromatic rings. The van der Waals surface area contributed by atoms with E-state index in [1.54, 1.807) is 0 Å². The zero-order valence-corrected chi connectivity index (χ0v) is 8.81. The first-order chi connectivity index (χ1) is 4.27. The van der Waals surface area contributed by atoms with Crippen LogP contribution in [0.5, 0.6) is 0 Å². The summed E-state index contributed by atoms with van der Waals surface area (Å²) in [4.78, 5) is 0. The second-order valence-corrected chi connectivity index (χ2v) is 3.13. The summed E-state index contributed by atoms with van der Waals surface area (Å²) in [5, 5.41) is 0. The first kappa shape index (κ1) is 9.04. The average Bonchev–Trinajstić information content (AvgIpc) is 1.80. The molecule has 0 rings (SSSR count). The van der Waals surface area contributed by atoms with Crippen LogP contribution in [0.4, 0.5) is 0 Å². The van der Waals surface area contributed by atoms with Gasteiger partial charge in [0.1, 0.15) is 0 Å². The summed E-state index contributed by atoms with van der Waals surface area (Å²) in [6.07, 6.45) is 8.39. The maximum atomic E-state index is 2.18. The Bertz CT molecular complexity index is 121. The Hall–Kier alpha value is 0.0383. The summed E-state index contributed by atoms with van der Waals surface area (Å²) < 4.78 is 2.10. The molecule has 0 amide bonds. The predicted octanol–water partition coefficient (Wildman–Crippen LogP) is 2.10. The second kappa shape index (κ2) is 6.16. The Balaban J connectivity index is 3.46. The summed E-state index contributed by atoms with van der Waals surface area (Å²) in [7, 11) is 0. The van der Waals surface area contributed by atoms with E-state index in [1.165, 1.54) is 19.4 Å². The van der Waals surface area contributed by atoms with Crippen LogP contribution in [0.25, 0.3) is 0 Å². The Morgan fingerprint density at radius 1 is 1.11 bits per heavy atom. The molecule has 0 aromatic heterocycles. The maximum absolute atomic E-state index is 2.18. The van der Waals surface area contributed by atoms with Gasteiger partial charge in [0.25, 0.3) is 0 Å². The fourth-order valence-electron chi connectivity index (χ4n) is 0.396. The van der Waals surface area contributed by atoms with Gasteiger partial charge in [-0.05, 0) is 0 Å². The number of allylic oxidation sites excluding steroid dienone is 4. The molecular formula is C8H12W. The standard InChI is InChI=1S/C8H12.W/c1-4-5-6-7-8(2)3;/h1,4-8H,2-3H3;/b5-4-,7-6?;. The fourth-order valence-corrected chi connectivity index (χ4v) is 0.722. The van der Waals surface area contributed by atoms with Gasteiger partial charge in [0, 0.05) is 0 Å². The van der Waals surface area contributed by atoms with E-state index in [9.17, 15) is 0 Å². The van der Waals surface area contributed by atoms with Gasteiger partial charge in [-0.2, -0.15) is 0 Å². The van der Waals surface area contributed by atoms with Gasteiger partial charge in [0.15, 0.2) is 0 Å². The molecule has 50 valence electrons. The number of hydrogen-bond donors (Lipinski definition) is 0. The molecular weight excluding hydrogens is 280 g/mol. The quantitative estimate of drug-likeness (QED) is 0.699. The molecule has 0 aliphatic rings. The van der Waals surface area contributed by atoms with Crippen LogP contribution in [-0.4, -0.2) is 4.40 Å². The minimum absolute atomic E-state index is 0.666. The van der Waals surface area contributed by atoms with Crippen molar-refractivity contribution in [3.63, 3.8) is 0 Å². The van der Waals surface area contributed by atoms with Crippen LogP contribution in [0, 0.1) is 5.92 Å². The van der Waals surface area contributed by atoms with Gasteiger partial charge in [0.05, 0.1) is 0 Å². The SMILES string of the molecule is CC(C)C=C/C=C\[CH]=[W]. The summed E-state index contributed by atoms with van der Waals surface area (Å²) >= 11 is 1.50. The average molecular weight is 292 g/mol. The van der Waals surface area contributed by atoms with Crippen molar-refractivity contribution in [3.05, 3.63) is 24.3 Å². The van der Waals surface area contributed by atoms with Gasteiger partial charge < -0.3 is 0 Å². The molecule has 0 fully saturated rings. The van der Waals surface area contributed by atoms with Crippen molar-refractivity contribution < 1.29 is 19.4 Å². The van der Waals surface area contributed by atoms with Crippen molar-refractivity contribution in [3.8, 4) is 0 Å². The van der Waals surface area contributed by atoms with Crippen molar-refractivity contribution in [2.24, 2.45) is 5.92 Å². The third kappa shape index (κ3) is 8.04. The normalized spacial score (nSPS) is 11.9. The molecule has 9 heavy (non-hydrogen) atoms. The number of rotatable bonds is 3. The first-order valence-electron chi connectivity index (χ1n) is 3.06. The third-order valence-corrected chi connectivity index (χ3v) is 1.36. The zero-order valence-electron chi connectivity index (χ0n) is 5.87. The van der Waals surface area contributed by atoms with Crippen LogP contribution in [0.2, 0.25) is 0 Å². The van der Waals surface area contributed by atoms with Gasteiger partial charge in [-0.25, -0.2) is 0 Å². The molecule has 0 aliphatic carbocycles. The van der Waals surface area contributed by atoms with Crippen molar-refractivity contribution in [1.82, 2.24) is 0 Å². The van der Waals surface area contributed by atoms with E-state index < -0.39 is 0 Å². The van der Waals surface area contributed by atoms with Crippen LogP contribution in [0.1, 0.15) is 13.8 Å². The minimum atomic E-state index is 0.666. The number of hydrogen-bond acceptors (Lipinski definition) is 0. The molecule has 0 unspecified atom stereocenters. The van der Waals surface area contributed by atoms with Gasteiger partial charge in [-0.3, -0.25) is 0 Å². The summed E-state index contributed by atoms with van der Waals surface area (Å²) in [5.41, 5.74) is 0. The summed E-state index contributed by atoms with van der Waals surface area (Å²) in [6.45, 7) is 4.34. The molecule has 0 radical (unpaired) electrons. The second-order valence-electron chi connectivity index (χ2n) is 2.15. The van der Waals surface area contributed by atoms with Crippen LogP contribution >= 0.6 is 0 Å². The molecule has 0 N–H and O–H groups in total. The Morgan fingerprint density at radius 3 is 2.22 bits per heavy atom. The van der Waals surface area contributed by atoms with Crippen LogP contribution in [0.15, 0.2) is 24.3 Å². The Labute approximate surface area is 68.1 Å². The van der Waals surface area contributed by atoms with Crippen molar-refractivity contribution in [1.29, 1.82) is 0 Å². The molecule has 0 saturated carbocycles. The first-order valence-corrected chi connectivity index (χ1v) is 4.75. The monoisotopic (exact) mass is 292 g/mol. The van der Waals surface area contributed by atoms with Gasteiger partial charge >= 0.3 is 67.8 Å². The van der Waals surface area contributed by atoms with E-state index in [0.717, 1.165) is 0 Å². The Kier molecular flexibility index (Phi) is 6.19. The third-order valence-electron chi connectivity index (χ3n) is 0.797. The van der Waals surface area contributed by atoms with Crippen LogP contribution in [-0.2, 0) is 19.4 Å². The van der Waals surface area contributed by atoms with Crippen LogP contribution in [0.3, 0.4) is 0 Å².